The number of halogens is 4. The average Bonchev–Trinajstić information content (AvgIpc) is 2.34. The molecule has 0 N–H and O–H groups in total. The normalized spacial score (nSPS) is 10.4. The fourth-order valence-corrected chi connectivity index (χ4v) is 1.84. The Morgan fingerprint density at radius 1 is 1.28 bits per heavy atom. The molecule has 0 saturated carbocycles. The Kier molecular flexibility index (Phi) is 4.14. The molecular formula is C12H7BrClF2NO. The maximum Gasteiger partial charge on any atom is 0.223 e. The molecule has 0 unspecified atom stereocenters. The molecule has 0 fully saturated rings. The molecule has 2 rings (SSSR count). The monoisotopic (exact) mass is 333 g/mol. The molecule has 0 bridgehead atoms. The van der Waals surface area contributed by atoms with E-state index in [2.05, 4.69) is 20.9 Å². The standard InChI is InChI=1S/C12H7BrClF2NO/c13-8-1-2-11(10(16)4-8)18-12-7(5-14)3-9(15)6-17-12/h1-4,6H,5H2. The molecule has 94 valence electrons. The highest BCUT2D eigenvalue weighted by Gasteiger charge is 2.11. The van der Waals surface area contributed by atoms with Crippen LogP contribution in [-0.2, 0) is 5.88 Å². The number of ether oxygens (including phenoxy) is 1. The molecule has 2 nitrogen and oxygen atoms in total. The minimum absolute atomic E-state index is 0.00340. The minimum Gasteiger partial charge on any atom is -0.436 e. The Morgan fingerprint density at radius 3 is 2.72 bits per heavy atom. The van der Waals surface area contributed by atoms with Gasteiger partial charge in [0.25, 0.3) is 0 Å². The first kappa shape index (κ1) is 13.2. The van der Waals surface area contributed by atoms with Gasteiger partial charge in [-0.05, 0) is 24.3 Å². The van der Waals surface area contributed by atoms with Gasteiger partial charge in [0.2, 0.25) is 5.88 Å². The van der Waals surface area contributed by atoms with Gasteiger partial charge in [0.1, 0.15) is 5.82 Å². The maximum absolute atomic E-state index is 13.6. The molecule has 2 aromatic rings. The van der Waals surface area contributed by atoms with Crippen LogP contribution in [0.5, 0.6) is 11.6 Å². The molecule has 0 saturated heterocycles. The van der Waals surface area contributed by atoms with Crippen molar-refractivity contribution < 1.29 is 13.5 Å². The highest BCUT2D eigenvalue weighted by molar-refractivity contribution is 9.10. The maximum atomic E-state index is 13.6. The van der Waals surface area contributed by atoms with Crippen LogP contribution in [0.3, 0.4) is 0 Å². The lowest BCUT2D eigenvalue weighted by atomic mass is 10.3. The van der Waals surface area contributed by atoms with Crippen LogP contribution < -0.4 is 4.74 Å². The summed E-state index contributed by atoms with van der Waals surface area (Å²) in [7, 11) is 0. The van der Waals surface area contributed by atoms with E-state index in [0.717, 1.165) is 6.20 Å². The van der Waals surface area contributed by atoms with Gasteiger partial charge in [0, 0.05) is 10.0 Å². The number of rotatable bonds is 3. The van der Waals surface area contributed by atoms with Crippen molar-refractivity contribution in [2.75, 3.05) is 0 Å². The number of hydrogen-bond acceptors (Lipinski definition) is 2. The van der Waals surface area contributed by atoms with Crippen LogP contribution in [0.25, 0.3) is 0 Å². The SMILES string of the molecule is Fc1cnc(Oc2ccc(Br)cc2F)c(CCl)c1. The van der Waals surface area contributed by atoms with Crippen molar-refractivity contribution in [1.29, 1.82) is 0 Å². The van der Waals surface area contributed by atoms with Gasteiger partial charge in [-0.2, -0.15) is 0 Å². The van der Waals surface area contributed by atoms with E-state index in [0.29, 0.717) is 10.0 Å². The first-order valence-corrected chi connectivity index (χ1v) is 6.26. The molecule has 0 aliphatic heterocycles. The van der Waals surface area contributed by atoms with Crippen molar-refractivity contribution in [3.8, 4) is 11.6 Å². The summed E-state index contributed by atoms with van der Waals surface area (Å²) >= 11 is 8.78. The van der Waals surface area contributed by atoms with Gasteiger partial charge >= 0.3 is 0 Å². The zero-order valence-corrected chi connectivity index (χ0v) is 11.3. The van der Waals surface area contributed by atoms with Gasteiger partial charge in [-0.15, -0.1) is 11.6 Å². The number of hydrogen-bond donors (Lipinski definition) is 0. The summed E-state index contributed by atoms with van der Waals surface area (Å²) in [6.07, 6.45) is 0.988. The second kappa shape index (κ2) is 5.63. The third-order valence-corrected chi connectivity index (χ3v) is 2.92. The molecule has 0 spiro atoms. The van der Waals surface area contributed by atoms with Crippen LogP contribution >= 0.6 is 27.5 Å². The van der Waals surface area contributed by atoms with Gasteiger partial charge in [0.15, 0.2) is 11.6 Å². The predicted octanol–water partition coefficient (Wildman–Crippen LogP) is 4.65. The van der Waals surface area contributed by atoms with Gasteiger partial charge in [-0.25, -0.2) is 13.8 Å². The number of aromatic nitrogens is 1. The lowest BCUT2D eigenvalue weighted by Gasteiger charge is -2.09. The summed E-state index contributed by atoms with van der Waals surface area (Å²) in [5.41, 5.74) is 0.360. The number of alkyl halides is 1. The largest absolute Gasteiger partial charge is 0.436 e. The molecule has 18 heavy (non-hydrogen) atoms. The highest BCUT2D eigenvalue weighted by Crippen LogP contribution is 2.28. The summed E-state index contributed by atoms with van der Waals surface area (Å²) < 4.78 is 32.4. The zero-order chi connectivity index (χ0) is 13.1. The smallest absolute Gasteiger partial charge is 0.223 e. The van der Waals surface area contributed by atoms with Gasteiger partial charge in [-0.1, -0.05) is 15.9 Å². The Hall–Kier alpha value is -1.20. The van der Waals surface area contributed by atoms with E-state index in [1.165, 1.54) is 18.2 Å². The van der Waals surface area contributed by atoms with E-state index < -0.39 is 11.6 Å². The van der Waals surface area contributed by atoms with Crippen LogP contribution in [-0.4, -0.2) is 4.98 Å². The highest BCUT2D eigenvalue weighted by atomic mass is 79.9. The third kappa shape index (κ3) is 2.97. The number of pyridine rings is 1. The summed E-state index contributed by atoms with van der Waals surface area (Å²) in [5, 5.41) is 0. The van der Waals surface area contributed by atoms with Crippen molar-refractivity contribution in [3.63, 3.8) is 0 Å². The molecule has 0 amide bonds. The molecule has 0 radical (unpaired) electrons. The zero-order valence-electron chi connectivity index (χ0n) is 8.96. The average molecular weight is 335 g/mol. The Labute approximate surface area is 116 Å². The first-order chi connectivity index (χ1) is 8.60. The molecule has 1 aromatic heterocycles. The summed E-state index contributed by atoms with van der Waals surface area (Å²) in [6.45, 7) is 0. The van der Waals surface area contributed by atoms with Gasteiger partial charge in [-0.3, -0.25) is 0 Å². The Morgan fingerprint density at radius 2 is 2.06 bits per heavy atom. The van der Waals surface area contributed by atoms with Crippen molar-refractivity contribution in [2.45, 2.75) is 5.88 Å². The molecule has 0 atom stereocenters. The molecule has 1 heterocycles. The quantitative estimate of drug-likeness (QED) is 0.762. The minimum atomic E-state index is -0.545. The Balaban J connectivity index is 2.33. The lowest BCUT2D eigenvalue weighted by Crippen LogP contribution is -1.96. The number of benzene rings is 1. The predicted molar refractivity (Wildman–Crippen MR) is 67.9 cm³/mol. The van der Waals surface area contributed by atoms with E-state index >= 15 is 0 Å². The second-order valence-electron chi connectivity index (χ2n) is 3.43. The fourth-order valence-electron chi connectivity index (χ4n) is 1.32. The van der Waals surface area contributed by atoms with Crippen LogP contribution in [0.4, 0.5) is 8.78 Å². The van der Waals surface area contributed by atoms with Crippen LogP contribution in [0.2, 0.25) is 0 Å². The fraction of sp³-hybridized carbons (Fsp3) is 0.0833. The van der Waals surface area contributed by atoms with Crippen LogP contribution in [0, 0.1) is 11.6 Å². The Bertz CT molecular complexity index is 580. The van der Waals surface area contributed by atoms with E-state index in [4.69, 9.17) is 16.3 Å². The summed E-state index contributed by atoms with van der Waals surface area (Å²) in [5.74, 6) is -0.945. The van der Waals surface area contributed by atoms with Crippen LogP contribution in [0.1, 0.15) is 5.56 Å². The molecular weight excluding hydrogens is 327 g/mol. The van der Waals surface area contributed by atoms with Crippen molar-refractivity contribution in [1.82, 2.24) is 4.98 Å². The van der Waals surface area contributed by atoms with Crippen molar-refractivity contribution in [2.24, 2.45) is 0 Å². The van der Waals surface area contributed by atoms with Gasteiger partial charge < -0.3 is 4.74 Å². The second-order valence-corrected chi connectivity index (χ2v) is 4.61. The van der Waals surface area contributed by atoms with Crippen LogP contribution in [0.15, 0.2) is 34.9 Å². The van der Waals surface area contributed by atoms with E-state index in [9.17, 15) is 8.78 Å². The summed E-state index contributed by atoms with van der Waals surface area (Å²) in [4.78, 5) is 3.75. The molecule has 1 aromatic carbocycles. The molecule has 6 heteroatoms. The number of nitrogens with zero attached hydrogens (tertiary/aromatic N) is 1. The van der Waals surface area contributed by atoms with Crippen molar-refractivity contribution >= 4 is 27.5 Å². The van der Waals surface area contributed by atoms with E-state index in [1.54, 1.807) is 6.07 Å². The van der Waals surface area contributed by atoms with E-state index in [1.807, 2.05) is 0 Å². The molecule has 0 aliphatic carbocycles. The topological polar surface area (TPSA) is 22.1 Å². The van der Waals surface area contributed by atoms with Crippen molar-refractivity contribution in [3.05, 3.63) is 52.1 Å². The third-order valence-electron chi connectivity index (χ3n) is 2.14. The van der Waals surface area contributed by atoms with E-state index in [-0.39, 0.29) is 17.5 Å². The lowest BCUT2D eigenvalue weighted by molar-refractivity contribution is 0.421. The molecule has 0 aliphatic rings. The first-order valence-electron chi connectivity index (χ1n) is 4.93. The summed E-state index contributed by atoms with van der Waals surface area (Å²) in [6, 6.07) is 5.54. The van der Waals surface area contributed by atoms with Gasteiger partial charge in [0.05, 0.1) is 12.1 Å².